The molecule has 13 nitrogen and oxygen atoms in total. The molecule has 50 heavy (non-hydrogen) atoms. The van der Waals surface area contributed by atoms with E-state index in [1.807, 2.05) is 109 Å². The number of carboxylic acid groups (broad SMARTS) is 1. The zero-order valence-corrected chi connectivity index (χ0v) is 27.4. The Hall–Kier alpha value is -6.13. The molecule has 13 heteroatoms. The van der Waals surface area contributed by atoms with Crippen LogP contribution in [0.1, 0.15) is 25.7 Å². The van der Waals surface area contributed by atoms with Crippen molar-refractivity contribution in [3.63, 3.8) is 0 Å². The minimum Gasteiger partial charge on any atom is -0.480 e. The van der Waals surface area contributed by atoms with Crippen LogP contribution in [-0.2, 0) is 9.59 Å². The molecule has 0 bridgehead atoms. The number of para-hydroxylation sites is 2. The molecule has 3 aliphatic heterocycles. The highest BCUT2D eigenvalue weighted by molar-refractivity contribution is 6.07. The van der Waals surface area contributed by atoms with Crippen LogP contribution in [0.3, 0.4) is 0 Å². The highest BCUT2D eigenvalue weighted by Crippen LogP contribution is 2.31. The highest BCUT2D eigenvalue weighted by atomic mass is 16.5. The Morgan fingerprint density at radius 1 is 0.640 bits per heavy atom. The summed E-state index contributed by atoms with van der Waals surface area (Å²) in [5.74, 6) is 2.04. The number of hydrogen-bond acceptors (Lipinski definition) is 10. The quantitative estimate of drug-likeness (QED) is 0.142. The maximum absolute atomic E-state index is 12.0. The molecule has 7 rings (SSSR count). The van der Waals surface area contributed by atoms with E-state index in [2.05, 4.69) is 20.4 Å². The lowest BCUT2D eigenvalue weighted by Gasteiger charge is -2.38. The normalized spacial score (nSPS) is 17.2. The number of nitrogens with two attached hydrogens (primary N) is 1. The van der Waals surface area contributed by atoms with Crippen LogP contribution in [-0.4, -0.2) is 60.3 Å². The third-order valence-electron chi connectivity index (χ3n) is 9.07. The predicted molar refractivity (Wildman–Crippen MR) is 186 cm³/mol. The second kappa shape index (κ2) is 15.8. The van der Waals surface area contributed by atoms with E-state index in [-0.39, 0.29) is 11.9 Å². The number of aliphatic carboxylic acids is 1. The largest absolute Gasteiger partial charge is 0.480 e. The van der Waals surface area contributed by atoms with Gasteiger partial charge in [0.1, 0.15) is 34.1 Å². The molecule has 0 saturated carbocycles. The lowest BCUT2D eigenvalue weighted by atomic mass is 9.87. The monoisotopic (exact) mass is 677 g/mol. The Bertz CT molecular complexity index is 1750. The first-order valence-corrected chi connectivity index (χ1v) is 16.2. The van der Waals surface area contributed by atoms with Crippen LogP contribution >= 0.6 is 0 Å². The van der Waals surface area contributed by atoms with E-state index in [9.17, 15) is 19.5 Å². The Kier molecular flexibility index (Phi) is 11.2. The van der Waals surface area contributed by atoms with Gasteiger partial charge in [-0.25, -0.2) is 4.79 Å². The molecule has 0 radical (unpaired) electrons. The Morgan fingerprint density at radius 3 is 1.38 bits per heavy atom. The zero-order valence-electron chi connectivity index (χ0n) is 27.4. The summed E-state index contributed by atoms with van der Waals surface area (Å²) in [6.45, 7) is 2.71. The van der Waals surface area contributed by atoms with Gasteiger partial charge in [-0.3, -0.25) is 14.9 Å². The molecule has 0 unspecified atom stereocenters. The number of imide groups is 1. The van der Waals surface area contributed by atoms with Crippen LogP contribution in [0.2, 0.25) is 0 Å². The van der Waals surface area contributed by atoms with E-state index in [0.29, 0.717) is 51.9 Å². The maximum atomic E-state index is 12.0. The van der Waals surface area contributed by atoms with Gasteiger partial charge in [0.15, 0.2) is 0 Å². The second-order valence-corrected chi connectivity index (χ2v) is 12.2. The standard InChI is InChI=1S/C19H19N3O3.C18H20N2O3.N2/c23-17-19(21-18(24)20-17)10-12-22(13-11-19)14-6-8-16(9-7-14)25-15-4-2-1-3-5-15;19-18(17(21)22)10-12-20(13-11-18)14-6-8-16(9-7-14)23-15-4-2-1-3-5-15;1-2/h1-9H,10-13H2,(H2,20,21,23,24);1-9H,10-13,19H2,(H,21,22);. The molecule has 3 heterocycles. The van der Waals surface area contributed by atoms with Crippen LogP contribution in [0.5, 0.6) is 23.0 Å². The van der Waals surface area contributed by atoms with E-state index in [1.54, 1.807) is 0 Å². The van der Waals surface area contributed by atoms with E-state index < -0.39 is 17.0 Å². The Morgan fingerprint density at radius 2 is 1.02 bits per heavy atom. The van der Waals surface area contributed by atoms with Crippen molar-refractivity contribution < 1.29 is 29.0 Å². The van der Waals surface area contributed by atoms with Crippen LogP contribution in [0.15, 0.2) is 109 Å². The maximum Gasteiger partial charge on any atom is 0.323 e. The number of nitrogens with one attached hydrogen (secondary N) is 2. The molecule has 1 spiro atoms. The summed E-state index contributed by atoms with van der Waals surface area (Å²) in [5.41, 5.74) is 6.22. The number of rotatable bonds is 7. The molecule has 3 amide bonds. The molecule has 258 valence electrons. The third-order valence-corrected chi connectivity index (χ3v) is 9.07. The Labute approximate surface area is 290 Å². The molecular formula is C37H39N7O6. The molecular weight excluding hydrogens is 638 g/mol. The number of carboxylic acids is 1. The summed E-state index contributed by atoms with van der Waals surface area (Å²) in [6, 6.07) is 34.6. The minimum atomic E-state index is -1.09. The van der Waals surface area contributed by atoms with Gasteiger partial charge in [0.2, 0.25) is 0 Å². The summed E-state index contributed by atoms with van der Waals surface area (Å²) >= 11 is 0. The molecule has 3 saturated heterocycles. The average molecular weight is 678 g/mol. The zero-order chi connectivity index (χ0) is 35.6. The minimum absolute atomic E-state index is 0.205. The summed E-state index contributed by atoms with van der Waals surface area (Å²) in [5, 5.41) is 26.3. The third kappa shape index (κ3) is 8.47. The highest BCUT2D eigenvalue weighted by Gasteiger charge is 2.47. The first-order valence-electron chi connectivity index (χ1n) is 16.2. The van der Waals surface area contributed by atoms with Crippen LogP contribution in [0, 0.1) is 10.8 Å². The molecule has 3 fully saturated rings. The molecule has 0 aromatic heterocycles. The molecule has 0 aliphatic carbocycles. The smallest absolute Gasteiger partial charge is 0.323 e. The molecule has 3 aliphatic rings. The molecule has 4 aromatic carbocycles. The van der Waals surface area contributed by atoms with E-state index in [4.69, 9.17) is 26.0 Å². The number of urea groups is 1. The van der Waals surface area contributed by atoms with Gasteiger partial charge in [0.25, 0.3) is 5.91 Å². The van der Waals surface area contributed by atoms with Crippen molar-refractivity contribution in [3.8, 4) is 23.0 Å². The molecule has 5 N–H and O–H groups in total. The van der Waals surface area contributed by atoms with Crippen molar-refractivity contribution in [1.29, 1.82) is 10.8 Å². The van der Waals surface area contributed by atoms with Gasteiger partial charge in [-0.1, -0.05) is 36.4 Å². The van der Waals surface area contributed by atoms with Crippen molar-refractivity contribution in [2.75, 3.05) is 36.0 Å². The Balaban J connectivity index is 0.000000186. The number of amides is 3. The number of piperidine rings is 2. The van der Waals surface area contributed by atoms with Gasteiger partial charge < -0.3 is 35.4 Å². The van der Waals surface area contributed by atoms with Gasteiger partial charge in [-0.15, -0.1) is 0 Å². The van der Waals surface area contributed by atoms with E-state index >= 15 is 0 Å². The van der Waals surface area contributed by atoms with Gasteiger partial charge >= 0.3 is 12.0 Å². The number of anilines is 2. The van der Waals surface area contributed by atoms with Crippen LogP contribution in [0.4, 0.5) is 16.2 Å². The predicted octanol–water partition coefficient (Wildman–Crippen LogP) is 5.55. The van der Waals surface area contributed by atoms with Crippen molar-refractivity contribution in [1.82, 2.24) is 10.6 Å². The first-order chi connectivity index (χ1) is 24.2. The summed E-state index contributed by atoms with van der Waals surface area (Å²) < 4.78 is 11.6. The first kappa shape index (κ1) is 35.2. The number of ether oxygens (including phenoxy) is 2. The number of benzene rings is 4. The molecule has 4 aromatic rings. The molecule has 0 atom stereocenters. The lowest BCUT2D eigenvalue weighted by molar-refractivity contribution is -0.144. The number of carbonyl (C=O) groups excluding carboxylic acids is 2. The van der Waals surface area contributed by atoms with Crippen LogP contribution in [0.25, 0.3) is 0 Å². The van der Waals surface area contributed by atoms with E-state index in [0.717, 1.165) is 34.4 Å². The summed E-state index contributed by atoms with van der Waals surface area (Å²) in [7, 11) is 0. The van der Waals surface area contributed by atoms with Crippen molar-refractivity contribution in [2.45, 2.75) is 36.8 Å². The fourth-order valence-electron chi connectivity index (χ4n) is 6.10. The van der Waals surface area contributed by atoms with Crippen LogP contribution < -0.4 is 35.6 Å². The van der Waals surface area contributed by atoms with Crippen molar-refractivity contribution in [2.24, 2.45) is 5.73 Å². The van der Waals surface area contributed by atoms with Crippen molar-refractivity contribution in [3.05, 3.63) is 109 Å². The topological polar surface area (TPSA) is 194 Å². The van der Waals surface area contributed by atoms with Gasteiger partial charge in [-0.2, -0.15) is 0 Å². The SMILES string of the molecule is N#N.NC1(C(=O)O)CCN(c2ccc(Oc3ccccc3)cc2)CC1.O=C1NC(=O)C2(CCN(c3ccc(Oc4ccccc4)cc3)CC2)N1. The van der Waals surface area contributed by atoms with Gasteiger partial charge in [0.05, 0.1) is 0 Å². The summed E-state index contributed by atoms with van der Waals surface area (Å²) in [4.78, 5) is 38.9. The average Bonchev–Trinajstić information content (AvgIpc) is 3.42. The number of hydrogen-bond donors (Lipinski definition) is 4. The van der Waals surface area contributed by atoms with Gasteiger partial charge in [0, 0.05) is 48.3 Å². The van der Waals surface area contributed by atoms with Gasteiger partial charge in [-0.05, 0) is 98.5 Å². The number of nitrogens with zero attached hydrogens (tertiary/aromatic N) is 4. The lowest BCUT2D eigenvalue weighted by Crippen LogP contribution is -2.55. The van der Waals surface area contributed by atoms with E-state index in [1.165, 1.54) is 0 Å². The summed E-state index contributed by atoms with van der Waals surface area (Å²) in [6.07, 6.45) is 2.11. The second-order valence-electron chi connectivity index (χ2n) is 12.2. The fraction of sp³-hybridized carbons (Fsp3) is 0.270. The fourth-order valence-corrected chi connectivity index (χ4v) is 6.10. The van der Waals surface area contributed by atoms with Crippen molar-refractivity contribution >= 4 is 29.3 Å². The number of carbonyl (C=O) groups is 3.